The van der Waals surface area contributed by atoms with Crippen molar-refractivity contribution in [2.45, 2.75) is 58.1 Å². The summed E-state index contributed by atoms with van der Waals surface area (Å²) in [5.74, 6) is 0.346. The third kappa shape index (κ3) is 7.20. The smallest absolute Gasteiger partial charge is 0.328 e. The summed E-state index contributed by atoms with van der Waals surface area (Å²) in [6.07, 6.45) is 4.09. The Bertz CT molecular complexity index is 1680. The molecule has 230 valence electrons. The summed E-state index contributed by atoms with van der Waals surface area (Å²) in [6.45, 7) is 5.76. The van der Waals surface area contributed by atoms with Gasteiger partial charge in [-0.25, -0.2) is 19.2 Å². The zero-order chi connectivity index (χ0) is 30.6. The van der Waals surface area contributed by atoms with Crippen LogP contribution in [0.5, 0.6) is 11.5 Å². The van der Waals surface area contributed by atoms with E-state index in [1.807, 2.05) is 36.4 Å². The summed E-state index contributed by atoms with van der Waals surface area (Å²) in [7, 11) is 0. The number of benzene rings is 2. The van der Waals surface area contributed by atoms with Crippen LogP contribution in [0.3, 0.4) is 0 Å². The van der Waals surface area contributed by atoms with E-state index in [0.29, 0.717) is 29.4 Å². The molecule has 6 rings (SSSR count). The lowest BCUT2D eigenvalue weighted by molar-refractivity contribution is -0.131. The predicted octanol–water partition coefficient (Wildman–Crippen LogP) is 6.12. The third-order valence-electron chi connectivity index (χ3n) is 7.98. The molecule has 0 saturated carbocycles. The molecule has 4 aromatic rings. The number of aromatic nitrogens is 3. The number of ether oxygens (including phenoxy) is 3. The molecule has 9 nitrogen and oxygen atoms in total. The van der Waals surface area contributed by atoms with Gasteiger partial charge in [0, 0.05) is 30.8 Å². The molecule has 44 heavy (non-hydrogen) atoms. The van der Waals surface area contributed by atoms with Gasteiger partial charge in [0.25, 0.3) is 0 Å². The van der Waals surface area contributed by atoms with E-state index in [4.69, 9.17) is 35.8 Å². The molecule has 0 spiro atoms. The van der Waals surface area contributed by atoms with Crippen molar-refractivity contribution >= 4 is 34.3 Å². The highest BCUT2D eigenvalue weighted by molar-refractivity contribution is 6.30. The second-order valence-corrected chi connectivity index (χ2v) is 11.7. The minimum Gasteiger partial charge on any atom is -0.490 e. The van der Waals surface area contributed by atoms with E-state index < -0.39 is 11.8 Å². The number of carboxylic acid groups (broad SMARTS) is 1. The van der Waals surface area contributed by atoms with Crippen molar-refractivity contribution in [1.29, 1.82) is 0 Å². The van der Waals surface area contributed by atoms with Gasteiger partial charge in [-0.2, -0.15) is 0 Å². The number of fused-ring (bicyclic) bond motifs is 1. The standard InChI is InChI=1S/C33H34ClFN4O5/c1-21(15-32(40)41)28-6-7-29-33(37-28)39(18-26-11-14-42-26)31(36-29)19-38-12-9-24(10-13-38)44-25-4-2-3-22(16-25)20-43-30-8-5-23(34)17-27(30)35/h2-8,15-17,24,26H,9-14,18-20H2,1H3,(H,40,41)/b21-15+/t26-/m0/s1. The fraction of sp³-hybridized carbons (Fsp3) is 0.364. The van der Waals surface area contributed by atoms with Gasteiger partial charge in [0.05, 0.1) is 24.9 Å². The number of hydrogen-bond acceptors (Lipinski definition) is 7. The molecule has 0 amide bonds. The molecular formula is C33H34ClFN4O5. The average Bonchev–Trinajstić information content (AvgIpc) is 3.31. The van der Waals surface area contributed by atoms with E-state index >= 15 is 0 Å². The number of nitrogens with zero attached hydrogens (tertiary/aromatic N) is 4. The maximum atomic E-state index is 14.1. The number of rotatable bonds is 11. The summed E-state index contributed by atoms with van der Waals surface area (Å²) < 4.78 is 33.9. The molecule has 2 fully saturated rings. The van der Waals surface area contributed by atoms with Gasteiger partial charge in [-0.15, -0.1) is 0 Å². The van der Waals surface area contributed by atoms with Gasteiger partial charge in [-0.3, -0.25) is 4.90 Å². The normalized spacial score (nSPS) is 17.9. The van der Waals surface area contributed by atoms with Gasteiger partial charge in [0.1, 0.15) is 29.8 Å². The van der Waals surface area contributed by atoms with Crippen molar-refractivity contribution in [3.8, 4) is 11.5 Å². The molecule has 0 bridgehead atoms. The van der Waals surface area contributed by atoms with Crippen LogP contribution in [0.25, 0.3) is 16.7 Å². The van der Waals surface area contributed by atoms with E-state index in [1.54, 1.807) is 13.0 Å². The molecule has 4 heterocycles. The van der Waals surface area contributed by atoms with E-state index in [0.717, 1.165) is 67.3 Å². The topological polar surface area (TPSA) is 98.9 Å². The van der Waals surface area contributed by atoms with Crippen molar-refractivity contribution < 1.29 is 28.5 Å². The Kier molecular flexibility index (Phi) is 9.11. The minimum atomic E-state index is -0.999. The Morgan fingerprint density at radius 3 is 2.68 bits per heavy atom. The Hall–Kier alpha value is -3.99. The van der Waals surface area contributed by atoms with E-state index in [1.165, 1.54) is 18.2 Å². The SMILES string of the molecule is C/C(=C\C(=O)O)c1ccc2nc(CN3CCC(Oc4cccc(COc5ccc(Cl)cc5F)c4)CC3)n(C[C@@H]3CCO3)c2n1. The number of likely N-dealkylation sites (tertiary alicyclic amines) is 1. The average molecular weight is 621 g/mol. The molecule has 1 N–H and O–H groups in total. The quantitative estimate of drug-likeness (QED) is 0.200. The molecule has 11 heteroatoms. The van der Waals surface area contributed by atoms with Crippen molar-refractivity contribution in [3.63, 3.8) is 0 Å². The van der Waals surface area contributed by atoms with Gasteiger partial charge >= 0.3 is 5.97 Å². The van der Waals surface area contributed by atoms with Gasteiger partial charge in [0.15, 0.2) is 17.2 Å². The van der Waals surface area contributed by atoms with E-state index in [9.17, 15) is 14.3 Å². The molecule has 2 aromatic heterocycles. The third-order valence-corrected chi connectivity index (χ3v) is 8.22. The molecule has 0 radical (unpaired) electrons. The number of piperidine rings is 1. The number of imidazole rings is 1. The van der Waals surface area contributed by atoms with Crippen LogP contribution in [-0.4, -0.2) is 62.4 Å². The number of aliphatic carboxylic acids is 1. The van der Waals surface area contributed by atoms with Crippen LogP contribution in [0.4, 0.5) is 4.39 Å². The molecule has 2 saturated heterocycles. The number of allylic oxidation sites excluding steroid dienone is 1. The maximum Gasteiger partial charge on any atom is 0.328 e. The van der Waals surface area contributed by atoms with Gasteiger partial charge in [0.2, 0.25) is 0 Å². The highest BCUT2D eigenvalue weighted by Gasteiger charge is 2.26. The first-order chi connectivity index (χ1) is 21.3. The maximum absolute atomic E-state index is 14.1. The van der Waals surface area contributed by atoms with Gasteiger partial charge < -0.3 is 23.9 Å². The number of pyridine rings is 1. The van der Waals surface area contributed by atoms with E-state index in [-0.39, 0.29) is 24.6 Å². The molecular weight excluding hydrogens is 587 g/mol. The molecule has 2 aliphatic heterocycles. The number of halogens is 2. The molecule has 1 atom stereocenters. The fourth-order valence-electron chi connectivity index (χ4n) is 5.51. The molecule has 0 aliphatic carbocycles. The van der Waals surface area contributed by atoms with Crippen LogP contribution in [-0.2, 0) is 29.2 Å². The Labute approximate surface area is 259 Å². The van der Waals surface area contributed by atoms with Gasteiger partial charge in [-0.1, -0.05) is 23.7 Å². The zero-order valence-corrected chi connectivity index (χ0v) is 25.2. The summed E-state index contributed by atoms with van der Waals surface area (Å²) in [4.78, 5) is 23.3. The number of carboxylic acids is 1. The largest absolute Gasteiger partial charge is 0.490 e. The van der Waals surface area contributed by atoms with Crippen molar-refractivity contribution in [1.82, 2.24) is 19.4 Å². The fourth-order valence-corrected chi connectivity index (χ4v) is 5.67. The van der Waals surface area contributed by atoms with Crippen LogP contribution in [0.1, 0.15) is 43.3 Å². The second-order valence-electron chi connectivity index (χ2n) is 11.2. The van der Waals surface area contributed by atoms with Crippen LogP contribution in [0.2, 0.25) is 5.02 Å². The predicted molar refractivity (Wildman–Crippen MR) is 164 cm³/mol. The van der Waals surface area contributed by atoms with E-state index in [2.05, 4.69) is 9.47 Å². The first kappa shape index (κ1) is 30.1. The highest BCUT2D eigenvalue weighted by Crippen LogP contribution is 2.26. The Morgan fingerprint density at radius 1 is 1.14 bits per heavy atom. The van der Waals surface area contributed by atoms with Crippen molar-refractivity contribution in [3.05, 3.63) is 88.6 Å². The molecule has 2 aliphatic rings. The lowest BCUT2D eigenvalue weighted by Gasteiger charge is -2.32. The zero-order valence-electron chi connectivity index (χ0n) is 24.4. The summed E-state index contributed by atoms with van der Waals surface area (Å²) in [5.41, 5.74) is 3.62. The lowest BCUT2D eigenvalue weighted by atomic mass is 10.1. The lowest BCUT2D eigenvalue weighted by Crippen LogP contribution is -2.39. The van der Waals surface area contributed by atoms with Crippen LogP contribution in [0, 0.1) is 5.82 Å². The van der Waals surface area contributed by atoms with Crippen molar-refractivity contribution in [2.24, 2.45) is 0 Å². The molecule has 0 unspecified atom stereocenters. The molecule has 2 aromatic carbocycles. The minimum absolute atomic E-state index is 0.0755. The first-order valence-electron chi connectivity index (χ1n) is 14.8. The Morgan fingerprint density at radius 2 is 1.95 bits per heavy atom. The highest BCUT2D eigenvalue weighted by atomic mass is 35.5. The monoisotopic (exact) mass is 620 g/mol. The van der Waals surface area contributed by atoms with Crippen molar-refractivity contribution in [2.75, 3.05) is 19.7 Å². The second kappa shape index (κ2) is 13.3. The first-order valence-corrected chi connectivity index (χ1v) is 15.1. The number of hydrogen-bond donors (Lipinski definition) is 1. The summed E-state index contributed by atoms with van der Waals surface area (Å²) >= 11 is 5.83. The van der Waals surface area contributed by atoms with Crippen LogP contribution < -0.4 is 9.47 Å². The summed E-state index contributed by atoms with van der Waals surface area (Å²) in [6, 6.07) is 15.8. The van der Waals surface area contributed by atoms with Gasteiger partial charge in [-0.05, 0) is 79.8 Å². The number of carbonyl (C=O) groups is 1. The Balaban J connectivity index is 1.08. The summed E-state index contributed by atoms with van der Waals surface area (Å²) in [5, 5.41) is 9.50. The van der Waals surface area contributed by atoms with Crippen LogP contribution in [0.15, 0.2) is 60.7 Å². The van der Waals surface area contributed by atoms with Crippen LogP contribution >= 0.6 is 11.6 Å².